The molecule has 2 saturated heterocycles. The van der Waals surface area contributed by atoms with Gasteiger partial charge in [-0.2, -0.15) is 0 Å². The molecule has 2 heterocycles. The SMILES string of the molecule is Cl.O=C(N[C@H]1CCCNC1)N1CCC(O)CC1. The highest BCUT2D eigenvalue weighted by Crippen LogP contribution is 2.10. The lowest BCUT2D eigenvalue weighted by atomic mass is 10.1. The van der Waals surface area contributed by atoms with Crippen molar-refractivity contribution in [1.82, 2.24) is 15.5 Å². The van der Waals surface area contributed by atoms with E-state index in [1.165, 1.54) is 0 Å². The van der Waals surface area contributed by atoms with Crippen molar-refractivity contribution in [3.05, 3.63) is 0 Å². The van der Waals surface area contributed by atoms with Crippen LogP contribution in [0.25, 0.3) is 0 Å². The van der Waals surface area contributed by atoms with Crippen LogP contribution >= 0.6 is 12.4 Å². The topological polar surface area (TPSA) is 64.6 Å². The average Bonchev–Trinajstić information content (AvgIpc) is 2.31. The van der Waals surface area contributed by atoms with Gasteiger partial charge < -0.3 is 20.6 Å². The number of aliphatic hydroxyl groups is 1. The Kier molecular flexibility index (Phi) is 6.02. The first-order valence-electron chi connectivity index (χ1n) is 6.20. The van der Waals surface area contributed by atoms with Gasteiger partial charge in [-0.1, -0.05) is 0 Å². The molecule has 6 heteroatoms. The summed E-state index contributed by atoms with van der Waals surface area (Å²) in [5.41, 5.74) is 0. The van der Waals surface area contributed by atoms with Gasteiger partial charge >= 0.3 is 6.03 Å². The Bertz CT molecular complexity index is 239. The van der Waals surface area contributed by atoms with E-state index in [4.69, 9.17) is 0 Å². The maximum absolute atomic E-state index is 11.9. The molecule has 2 rings (SSSR count). The van der Waals surface area contributed by atoms with Crippen LogP contribution in [0.4, 0.5) is 4.79 Å². The molecule has 3 N–H and O–H groups in total. The molecular formula is C11H22ClN3O2. The molecule has 0 saturated carbocycles. The molecule has 0 radical (unpaired) electrons. The summed E-state index contributed by atoms with van der Waals surface area (Å²) in [6, 6.07) is 0.300. The maximum atomic E-state index is 11.9. The van der Waals surface area contributed by atoms with Gasteiger partial charge in [-0.25, -0.2) is 4.79 Å². The number of urea groups is 1. The summed E-state index contributed by atoms with van der Waals surface area (Å²) in [4.78, 5) is 13.7. The van der Waals surface area contributed by atoms with Gasteiger partial charge in [-0.05, 0) is 32.2 Å². The van der Waals surface area contributed by atoms with Gasteiger partial charge in [0.15, 0.2) is 0 Å². The van der Waals surface area contributed by atoms with Crippen molar-refractivity contribution in [3.63, 3.8) is 0 Å². The molecule has 2 aliphatic rings. The zero-order valence-electron chi connectivity index (χ0n) is 10.0. The summed E-state index contributed by atoms with van der Waals surface area (Å²) >= 11 is 0. The van der Waals surface area contributed by atoms with Gasteiger partial charge in [-0.3, -0.25) is 0 Å². The van der Waals surface area contributed by atoms with E-state index in [2.05, 4.69) is 10.6 Å². The number of amides is 2. The molecule has 0 unspecified atom stereocenters. The molecule has 1 atom stereocenters. The van der Waals surface area contributed by atoms with Crippen LogP contribution in [-0.2, 0) is 0 Å². The Morgan fingerprint density at radius 1 is 1.29 bits per heavy atom. The van der Waals surface area contributed by atoms with Crippen LogP contribution in [0.15, 0.2) is 0 Å². The maximum Gasteiger partial charge on any atom is 0.317 e. The van der Waals surface area contributed by atoms with E-state index in [0.717, 1.165) is 25.9 Å². The van der Waals surface area contributed by atoms with Gasteiger partial charge in [0.1, 0.15) is 0 Å². The highest BCUT2D eigenvalue weighted by atomic mass is 35.5. The third-order valence-corrected chi connectivity index (χ3v) is 3.38. The predicted molar refractivity (Wildman–Crippen MR) is 68.5 cm³/mol. The third-order valence-electron chi connectivity index (χ3n) is 3.38. The summed E-state index contributed by atoms with van der Waals surface area (Å²) in [6.45, 7) is 3.28. The second-order valence-electron chi connectivity index (χ2n) is 4.71. The molecule has 2 aliphatic heterocycles. The number of halogens is 1. The first-order valence-corrected chi connectivity index (χ1v) is 6.20. The fourth-order valence-corrected chi connectivity index (χ4v) is 2.31. The van der Waals surface area contributed by atoms with E-state index >= 15 is 0 Å². The average molecular weight is 264 g/mol. The lowest BCUT2D eigenvalue weighted by molar-refractivity contribution is 0.0925. The van der Waals surface area contributed by atoms with Crippen LogP contribution in [0, 0.1) is 0 Å². The van der Waals surface area contributed by atoms with Crippen molar-refractivity contribution < 1.29 is 9.90 Å². The van der Waals surface area contributed by atoms with Gasteiger partial charge in [0, 0.05) is 25.7 Å². The van der Waals surface area contributed by atoms with Crippen molar-refractivity contribution in [2.75, 3.05) is 26.2 Å². The number of hydrogen-bond donors (Lipinski definition) is 3. The molecule has 0 aromatic rings. The Morgan fingerprint density at radius 2 is 2.00 bits per heavy atom. The van der Waals surface area contributed by atoms with Crippen molar-refractivity contribution >= 4 is 18.4 Å². The smallest absolute Gasteiger partial charge is 0.317 e. The van der Waals surface area contributed by atoms with Crippen LogP contribution in [0.2, 0.25) is 0 Å². The summed E-state index contributed by atoms with van der Waals surface area (Å²) in [5.74, 6) is 0. The zero-order chi connectivity index (χ0) is 11.4. The number of carbonyl (C=O) groups is 1. The Hall–Kier alpha value is -0.520. The van der Waals surface area contributed by atoms with Crippen LogP contribution in [0.3, 0.4) is 0 Å². The minimum Gasteiger partial charge on any atom is -0.393 e. The number of rotatable bonds is 1. The molecule has 2 amide bonds. The van der Waals surface area contributed by atoms with Crippen molar-refractivity contribution in [1.29, 1.82) is 0 Å². The van der Waals surface area contributed by atoms with E-state index in [1.54, 1.807) is 4.90 Å². The monoisotopic (exact) mass is 263 g/mol. The number of piperidine rings is 2. The van der Waals surface area contributed by atoms with E-state index in [0.29, 0.717) is 25.9 Å². The largest absolute Gasteiger partial charge is 0.393 e. The number of aliphatic hydroxyl groups excluding tert-OH is 1. The van der Waals surface area contributed by atoms with E-state index in [1.807, 2.05) is 0 Å². The number of carbonyl (C=O) groups excluding carboxylic acids is 1. The van der Waals surface area contributed by atoms with Crippen LogP contribution in [0.5, 0.6) is 0 Å². The minimum absolute atomic E-state index is 0. The lowest BCUT2D eigenvalue weighted by Crippen LogP contribution is -2.52. The fourth-order valence-electron chi connectivity index (χ4n) is 2.31. The normalized spacial score (nSPS) is 26.2. The van der Waals surface area contributed by atoms with Crippen molar-refractivity contribution in [2.24, 2.45) is 0 Å². The first kappa shape index (κ1) is 14.5. The molecule has 0 spiro atoms. The molecular weight excluding hydrogens is 242 g/mol. The van der Waals surface area contributed by atoms with Gasteiger partial charge in [0.05, 0.1) is 6.10 Å². The minimum atomic E-state index is -0.222. The molecule has 0 aromatic carbocycles. The Morgan fingerprint density at radius 3 is 2.59 bits per heavy atom. The van der Waals surface area contributed by atoms with Gasteiger partial charge in [0.2, 0.25) is 0 Å². The lowest BCUT2D eigenvalue weighted by Gasteiger charge is -2.32. The van der Waals surface area contributed by atoms with E-state index < -0.39 is 0 Å². The molecule has 17 heavy (non-hydrogen) atoms. The molecule has 100 valence electrons. The number of hydrogen-bond acceptors (Lipinski definition) is 3. The van der Waals surface area contributed by atoms with Gasteiger partial charge in [0.25, 0.3) is 0 Å². The van der Waals surface area contributed by atoms with Crippen molar-refractivity contribution in [3.8, 4) is 0 Å². The molecule has 0 bridgehead atoms. The molecule has 5 nitrogen and oxygen atoms in total. The van der Waals surface area contributed by atoms with Crippen molar-refractivity contribution in [2.45, 2.75) is 37.8 Å². The van der Waals surface area contributed by atoms with Gasteiger partial charge in [-0.15, -0.1) is 12.4 Å². The third kappa shape index (κ3) is 4.33. The zero-order valence-corrected chi connectivity index (χ0v) is 10.8. The van der Waals surface area contributed by atoms with Crippen LogP contribution in [-0.4, -0.2) is 54.4 Å². The van der Waals surface area contributed by atoms with Crippen LogP contribution in [0.1, 0.15) is 25.7 Å². The number of nitrogens with one attached hydrogen (secondary N) is 2. The Labute approximate surface area is 108 Å². The summed E-state index contributed by atoms with van der Waals surface area (Å²) in [5, 5.41) is 15.7. The second kappa shape index (κ2) is 7.03. The first-order chi connectivity index (χ1) is 7.75. The van der Waals surface area contributed by atoms with Crippen LogP contribution < -0.4 is 10.6 Å². The highest BCUT2D eigenvalue weighted by Gasteiger charge is 2.23. The molecule has 0 aromatic heterocycles. The van der Waals surface area contributed by atoms with E-state index in [9.17, 15) is 9.90 Å². The number of likely N-dealkylation sites (tertiary alicyclic amines) is 1. The quantitative estimate of drug-likeness (QED) is 0.639. The standard InChI is InChI=1S/C11H21N3O2.ClH/c15-10-3-6-14(7-4-10)11(16)13-9-2-1-5-12-8-9;/h9-10,12,15H,1-8H2,(H,13,16);1H/t9-;/m0./s1. The summed E-state index contributed by atoms with van der Waals surface area (Å²) < 4.78 is 0. The summed E-state index contributed by atoms with van der Waals surface area (Å²) in [7, 11) is 0. The molecule has 2 fully saturated rings. The number of nitrogens with zero attached hydrogens (tertiary/aromatic N) is 1. The summed E-state index contributed by atoms with van der Waals surface area (Å²) in [6.07, 6.45) is 3.38. The predicted octanol–water partition coefficient (Wildman–Crippen LogP) is 0.326. The highest BCUT2D eigenvalue weighted by molar-refractivity contribution is 5.85. The second-order valence-corrected chi connectivity index (χ2v) is 4.71. The fraction of sp³-hybridized carbons (Fsp3) is 0.909. The molecule has 0 aliphatic carbocycles. The Balaban J connectivity index is 0.00000144. The van der Waals surface area contributed by atoms with E-state index in [-0.39, 0.29) is 30.6 Å².